The van der Waals surface area contributed by atoms with Crippen LogP contribution in [-0.2, 0) is 14.2 Å². The van der Waals surface area contributed by atoms with Gasteiger partial charge in [-0.3, -0.25) is 0 Å². The van der Waals surface area contributed by atoms with Crippen LogP contribution < -0.4 is 0 Å². The normalized spacial score (nSPS) is 23.2. The van der Waals surface area contributed by atoms with Crippen LogP contribution in [0.4, 0.5) is 0 Å². The number of benzene rings is 2. The van der Waals surface area contributed by atoms with E-state index in [4.69, 9.17) is 14.2 Å². The highest BCUT2D eigenvalue weighted by Gasteiger charge is 2.43. The first kappa shape index (κ1) is 18.7. The zero-order valence-electron chi connectivity index (χ0n) is 17.3. The number of ether oxygens (including phenoxy) is 3. The summed E-state index contributed by atoms with van der Waals surface area (Å²) in [6.07, 6.45) is 0.164. The molecule has 4 unspecified atom stereocenters. The maximum absolute atomic E-state index is 6.77. The number of rotatable bonds is 6. The molecule has 144 valence electrons. The van der Waals surface area contributed by atoms with Gasteiger partial charge in [0.25, 0.3) is 0 Å². The standard InChI is InChI=1S/C24H30O3/c1-13-7-9-19(17(5)15(13)3)23(21-11-25-21)27-24(22-12-26-22)20-10-8-14(2)16(4)18(20)6/h7-10,21-24H,11-12H2,1-6H3. The number of hydrogen-bond donors (Lipinski definition) is 0. The van der Waals surface area contributed by atoms with Crippen molar-refractivity contribution in [2.75, 3.05) is 13.2 Å². The van der Waals surface area contributed by atoms with Crippen LogP contribution in [0.15, 0.2) is 24.3 Å². The highest BCUT2D eigenvalue weighted by atomic mass is 16.6. The fraction of sp³-hybridized carbons (Fsp3) is 0.500. The van der Waals surface area contributed by atoms with Crippen molar-refractivity contribution < 1.29 is 14.2 Å². The quantitative estimate of drug-likeness (QED) is 0.664. The topological polar surface area (TPSA) is 34.3 Å². The van der Waals surface area contributed by atoms with Crippen molar-refractivity contribution in [1.29, 1.82) is 0 Å². The van der Waals surface area contributed by atoms with Gasteiger partial charge in [-0.05, 0) is 86.1 Å². The molecule has 2 fully saturated rings. The van der Waals surface area contributed by atoms with Gasteiger partial charge in [-0.1, -0.05) is 24.3 Å². The lowest BCUT2D eigenvalue weighted by atomic mass is 9.92. The Bertz CT molecular complexity index is 791. The first-order valence-electron chi connectivity index (χ1n) is 9.90. The monoisotopic (exact) mass is 366 g/mol. The van der Waals surface area contributed by atoms with Crippen LogP contribution in [0.3, 0.4) is 0 Å². The van der Waals surface area contributed by atoms with Crippen LogP contribution in [-0.4, -0.2) is 25.4 Å². The van der Waals surface area contributed by atoms with Crippen molar-refractivity contribution in [2.24, 2.45) is 0 Å². The van der Waals surface area contributed by atoms with Gasteiger partial charge in [-0.25, -0.2) is 0 Å². The molecule has 2 aliphatic rings. The molecule has 2 aliphatic heterocycles. The van der Waals surface area contributed by atoms with E-state index in [0.717, 1.165) is 13.2 Å². The summed E-state index contributed by atoms with van der Waals surface area (Å²) in [6.45, 7) is 14.6. The third-order valence-corrected chi connectivity index (χ3v) is 6.50. The number of epoxide rings is 2. The van der Waals surface area contributed by atoms with Crippen molar-refractivity contribution in [3.05, 3.63) is 68.8 Å². The predicted molar refractivity (Wildman–Crippen MR) is 107 cm³/mol. The Labute approximate surface area is 162 Å². The van der Waals surface area contributed by atoms with Gasteiger partial charge in [0.15, 0.2) is 0 Å². The fourth-order valence-corrected chi connectivity index (χ4v) is 3.91. The molecule has 3 heteroatoms. The maximum atomic E-state index is 6.77. The molecule has 2 saturated heterocycles. The third-order valence-electron chi connectivity index (χ3n) is 6.50. The molecule has 2 aromatic rings. The molecule has 3 nitrogen and oxygen atoms in total. The van der Waals surface area contributed by atoms with E-state index in [1.54, 1.807) is 0 Å². The maximum Gasteiger partial charge on any atom is 0.112 e. The molecule has 0 spiro atoms. The van der Waals surface area contributed by atoms with Crippen molar-refractivity contribution in [2.45, 2.75) is 66.0 Å². The molecule has 0 amide bonds. The molecule has 4 atom stereocenters. The number of hydrogen-bond acceptors (Lipinski definition) is 3. The van der Waals surface area contributed by atoms with Crippen LogP contribution in [0, 0.1) is 41.5 Å². The Morgan fingerprint density at radius 2 is 1.04 bits per heavy atom. The lowest BCUT2D eigenvalue weighted by molar-refractivity contribution is -0.0425. The highest BCUT2D eigenvalue weighted by molar-refractivity contribution is 5.42. The van der Waals surface area contributed by atoms with Crippen molar-refractivity contribution in [3.8, 4) is 0 Å². The first-order valence-corrected chi connectivity index (χ1v) is 9.90. The zero-order valence-corrected chi connectivity index (χ0v) is 17.3. The van der Waals surface area contributed by atoms with Gasteiger partial charge in [0.2, 0.25) is 0 Å². The summed E-state index contributed by atoms with van der Waals surface area (Å²) < 4.78 is 18.2. The van der Waals surface area contributed by atoms with E-state index in [1.807, 2.05) is 0 Å². The summed E-state index contributed by atoms with van der Waals surface area (Å²) in [4.78, 5) is 0. The van der Waals surface area contributed by atoms with Gasteiger partial charge >= 0.3 is 0 Å². The highest BCUT2D eigenvalue weighted by Crippen LogP contribution is 2.42. The van der Waals surface area contributed by atoms with Gasteiger partial charge < -0.3 is 14.2 Å². The van der Waals surface area contributed by atoms with Crippen LogP contribution in [0.5, 0.6) is 0 Å². The molecule has 2 aromatic carbocycles. The zero-order chi connectivity index (χ0) is 19.3. The molecule has 0 radical (unpaired) electrons. The first-order chi connectivity index (χ1) is 12.9. The van der Waals surface area contributed by atoms with Crippen LogP contribution >= 0.6 is 0 Å². The fourth-order valence-electron chi connectivity index (χ4n) is 3.91. The van der Waals surface area contributed by atoms with Crippen LogP contribution in [0.1, 0.15) is 56.7 Å². The van der Waals surface area contributed by atoms with Gasteiger partial charge in [0.1, 0.15) is 24.4 Å². The summed E-state index contributed by atoms with van der Waals surface area (Å²) in [7, 11) is 0. The molecule has 0 N–H and O–H groups in total. The van der Waals surface area contributed by atoms with Gasteiger partial charge in [0.05, 0.1) is 13.2 Å². The SMILES string of the molecule is Cc1ccc(C(OC(c2ccc(C)c(C)c2C)C2CO2)C2CO2)c(C)c1C. The second-order valence-corrected chi connectivity index (χ2v) is 8.16. The second-order valence-electron chi connectivity index (χ2n) is 8.16. The Balaban J connectivity index is 1.70. The molecule has 0 aromatic heterocycles. The van der Waals surface area contributed by atoms with E-state index in [1.165, 1.54) is 44.5 Å². The van der Waals surface area contributed by atoms with Crippen LogP contribution in [0.2, 0.25) is 0 Å². The van der Waals surface area contributed by atoms with Crippen molar-refractivity contribution >= 4 is 0 Å². The summed E-state index contributed by atoms with van der Waals surface area (Å²) in [5.74, 6) is 0. The van der Waals surface area contributed by atoms with E-state index < -0.39 is 0 Å². The Morgan fingerprint density at radius 1 is 0.667 bits per heavy atom. The summed E-state index contributed by atoms with van der Waals surface area (Å²) in [6, 6.07) is 8.81. The number of aryl methyl sites for hydroxylation is 2. The van der Waals surface area contributed by atoms with Crippen molar-refractivity contribution in [3.63, 3.8) is 0 Å². The van der Waals surface area contributed by atoms with Gasteiger partial charge in [0, 0.05) is 0 Å². The third kappa shape index (κ3) is 3.56. The van der Waals surface area contributed by atoms with E-state index in [9.17, 15) is 0 Å². The summed E-state index contributed by atoms with van der Waals surface area (Å²) in [5.41, 5.74) is 10.4. The van der Waals surface area contributed by atoms with Gasteiger partial charge in [-0.15, -0.1) is 0 Å². The Morgan fingerprint density at radius 3 is 1.37 bits per heavy atom. The lowest BCUT2D eigenvalue weighted by Crippen LogP contribution is -2.21. The molecule has 0 aliphatic carbocycles. The van der Waals surface area contributed by atoms with E-state index in [0.29, 0.717) is 0 Å². The predicted octanol–water partition coefficient (Wildman–Crippen LogP) is 5.13. The molecular formula is C24H30O3. The van der Waals surface area contributed by atoms with Crippen LogP contribution in [0.25, 0.3) is 0 Å². The molecule has 4 rings (SSSR count). The average Bonchev–Trinajstić information content (AvgIpc) is 3.54. The lowest BCUT2D eigenvalue weighted by Gasteiger charge is -2.27. The Hall–Kier alpha value is -1.68. The minimum atomic E-state index is -0.0560. The second kappa shape index (κ2) is 7.05. The van der Waals surface area contributed by atoms with Gasteiger partial charge in [-0.2, -0.15) is 0 Å². The van der Waals surface area contributed by atoms with E-state index in [2.05, 4.69) is 65.8 Å². The van der Waals surface area contributed by atoms with E-state index >= 15 is 0 Å². The average molecular weight is 367 g/mol. The van der Waals surface area contributed by atoms with E-state index in [-0.39, 0.29) is 24.4 Å². The minimum absolute atomic E-state index is 0.0560. The molecule has 0 saturated carbocycles. The smallest absolute Gasteiger partial charge is 0.112 e. The molecular weight excluding hydrogens is 336 g/mol. The summed E-state index contributed by atoms with van der Waals surface area (Å²) in [5, 5.41) is 0. The molecule has 2 heterocycles. The summed E-state index contributed by atoms with van der Waals surface area (Å²) >= 11 is 0. The Kier molecular flexibility index (Phi) is 4.87. The minimum Gasteiger partial charge on any atom is -0.370 e. The van der Waals surface area contributed by atoms with Crippen molar-refractivity contribution in [1.82, 2.24) is 0 Å². The molecule has 0 bridgehead atoms. The largest absolute Gasteiger partial charge is 0.370 e. The molecule has 27 heavy (non-hydrogen) atoms.